The van der Waals surface area contributed by atoms with Crippen LogP contribution in [0.5, 0.6) is 11.5 Å². The maximum absolute atomic E-state index is 12.4. The number of halogens is 1. The highest BCUT2D eigenvalue weighted by Crippen LogP contribution is 2.35. The van der Waals surface area contributed by atoms with Crippen LogP contribution in [0.2, 0.25) is 0 Å². The van der Waals surface area contributed by atoms with Gasteiger partial charge in [-0.05, 0) is 88.9 Å². The van der Waals surface area contributed by atoms with Gasteiger partial charge in [-0.25, -0.2) is 4.39 Å². The van der Waals surface area contributed by atoms with E-state index in [-0.39, 0.29) is 23.7 Å². The van der Waals surface area contributed by atoms with Crippen LogP contribution in [0.3, 0.4) is 0 Å². The molecule has 5 rings (SSSR count). The van der Waals surface area contributed by atoms with E-state index in [0.29, 0.717) is 25.3 Å². The Kier molecular flexibility index (Phi) is 21.1. The molecule has 2 atom stereocenters. The molecule has 0 amide bonds. The predicted molar refractivity (Wildman–Crippen MR) is 211 cm³/mol. The molecule has 1 aliphatic carbocycles. The SMILES string of the molecule is C=CC/C(=N\OC(=C)/C=C/F)C1CCN(C2=CC3ON=C(C4CCN(CCCOc5ccc(C)cc5OC)CC4)C3C=C2)CC1.CC.CC.CC=O. The molecular weight excluding hydrogens is 659 g/mol. The van der Waals surface area contributed by atoms with E-state index in [1.54, 1.807) is 7.11 Å². The Morgan fingerprint density at radius 1 is 1.10 bits per heavy atom. The molecule has 10 heteroatoms. The molecule has 2 fully saturated rings. The van der Waals surface area contributed by atoms with Gasteiger partial charge in [0.2, 0.25) is 0 Å². The van der Waals surface area contributed by atoms with Crippen molar-refractivity contribution in [3.63, 3.8) is 0 Å². The van der Waals surface area contributed by atoms with Crippen molar-refractivity contribution in [2.24, 2.45) is 28.1 Å². The van der Waals surface area contributed by atoms with Crippen molar-refractivity contribution in [1.29, 1.82) is 0 Å². The van der Waals surface area contributed by atoms with Gasteiger partial charge in [-0.1, -0.05) is 62.8 Å². The number of fused-ring (bicyclic) bond motifs is 1. The Morgan fingerprint density at radius 2 is 1.79 bits per heavy atom. The molecule has 3 aliphatic heterocycles. The number of piperidine rings is 2. The Morgan fingerprint density at radius 3 is 2.42 bits per heavy atom. The average molecular weight is 723 g/mol. The highest BCUT2D eigenvalue weighted by atomic mass is 19.1. The number of oxime groups is 2. The summed E-state index contributed by atoms with van der Waals surface area (Å²) >= 11 is 0. The minimum absolute atomic E-state index is 0.0347. The van der Waals surface area contributed by atoms with Gasteiger partial charge in [-0.3, -0.25) is 0 Å². The van der Waals surface area contributed by atoms with Crippen LogP contribution in [0, 0.1) is 24.7 Å². The second-order valence-electron chi connectivity index (χ2n) is 12.5. The molecule has 1 aromatic carbocycles. The third kappa shape index (κ3) is 13.4. The van der Waals surface area contributed by atoms with Crippen LogP contribution in [-0.4, -0.2) is 80.1 Å². The van der Waals surface area contributed by atoms with E-state index >= 15 is 0 Å². The topological polar surface area (TPSA) is 85.2 Å². The van der Waals surface area contributed by atoms with Crippen LogP contribution < -0.4 is 9.47 Å². The van der Waals surface area contributed by atoms with E-state index < -0.39 is 0 Å². The lowest BCUT2D eigenvalue weighted by molar-refractivity contribution is -0.106. The Bertz CT molecular complexity index is 1390. The highest BCUT2D eigenvalue weighted by Gasteiger charge is 2.39. The molecule has 0 radical (unpaired) electrons. The molecule has 0 bridgehead atoms. The van der Waals surface area contributed by atoms with Gasteiger partial charge in [0.1, 0.15) is 6.29 Å². The third-order valence-electron chi connectivity index (χ3n) is 9.20. The number of benzene rings is 1. The van der Waals surface area contributed by atoms with Crippen molar-refractivity contribution in [2.45, 2.75) is 86.2 Å². The molecule has 0 saturated carbocycles. The van der Waals surface area contributed by atoms with Crippen LogP contribution in [0.1, 0.15) is 78.7 Å². The number of carbonyl (C=O) groups is 1. The lowest BCUT2D eigenvalue weighted by Crippen LogP contribution is -2.40. The summed E-state index contributed by atoms with van der Waals surface area (Å²) in [5.74, 6) is 2.74. The summed E-state index contributed by atoms with van der Waals surface area (Å²) in [5.41, 5.74) is 4.49. The molecule has 2 saturated heterocycles. The second kappa shape index (κ2) is 24.9. The fourth-order valence-electron chi connectivity index (χ4n) is 6.67. The molecule has 3 heterocycles. The maximum Gasteiger partial charge on any atom is 0.161 e. The summed E-state index contributed by atoms with van der Waals surface area (Å²) in [6.45, 7) is 24.7. The number of rotatable bonds is 14. The van der Waals surface area contributed by atoms with Gasteiger partial charge in [-0.2, -0.15) is 0 Å². The van der Waals surface area contributed by atoms with Crippen molar-refractivity contribution in [1.82, 2.24) is 9.80 Å². The number of aryl methyl sites for hydroxylation is 1. The summed E-state index contributed by atoms with van der Waals surface area (Å²) in [5, 5.41) is 8.89. The van der Waals surface area contributed by atoms with Crippen LogP contribution in [0.25, 0.3) is 0 Å². The lowest BCUT2D eigenvalue weighted by atomic mass is 9.81. The number of methoxy groups -OCH3 is 1. The largest absolute Gasteiger partial charge is 0.493 e. The van der Waals surface area contributed by atoms with Gasteiger partial charge in [-0.15, -0.1) is 6.58 Å². The number of aldehydes is 1. The molecular formula is C42H63FN4O5. The van der Waals surface area contributed by atoms with E-state index in [1.165, 1.54) is 18.3 Å². The summed E-state index contributed by atoms with van der Waals surface area (Å²) in [4.78, 5) is 25.0. The van der Waals surface area contributed by atoms with Crippen molar-refractivity contribution in [3.8, 4) is 11.5 Å². The van der Waals surface area contributed by atoms with E-state index in [0.717, 1.165) is 100.0 Å². The molecule has 0 spiro atoms. The zero-order chi connectivity index (χ0) is 38.3. The minimum Gasteiger partial charge on any atom is -0.493 e. The van der Waals surface area contributed by atoms with Gasteiger partial charge in [0, 0.05) is 49.7 Å². The zero-order valence-electron chi connectivity index (χ0n) is 32.7. The van der Waals surface area contributed by atoms with Crippen LogP contribution in [0.4, 0.5) is 4.39 Å². The van der Waals surface area contributed by atoms with Crippen molar-refractivity contribution < 1.29 is 28.3 Å². The van der Waals surface area contributed by atoms with Crippen LogP contribution in [0.15, 0.2) is 89.8 Å². The van der Waals surface area contributed by atoms with Gasteiger partial charge in [0.15, 0.2) is 23.4 Å². The monoisotopic (exact) mass is 722 g/mol. The van der Waals surface area contributed by atoms with Crippen LogP contribution >= 0.6 is 0 Å². The maximum atomic E-state index is 12.4. The number of ether oxygens (including phenoxy) is 2. The molecule has 52 heavy (non-hydrogen) atoms. The van der Waals surface area contributed by atoms with E-state index in [9.17, 15) is 4.39 Å². The average Bonchev–Trinajstić information content (AvgIpc) is 3.61. The van der Waals surface area contributed by atoms with Gasteiger partial charge in [0.25, 0.3) is 0 Å². The number of hydrogen-bond acceptors (Lipinski definition) is 9. The summed E-state index contributed by atoms with van der Waals surface area (Å²) < 4.78 is 23.9. The smallest absolute Gasteiger partial charge is 0.161 e. The summed E-state index contributed by atoms with van der Waals surface area (Å²) in [6, 6.07) is 6.04. The highest BCUT2D eigenvalue weighted by molar-refractivity contribution is 5.92. The van der Waals surface area contributed by atoms with Crippen LogP contribution in [-0.2, 0) is 14.5 Å². The van der Waals surface area contributed by atoms with Crippen molar-refractivity contribution >= 4 is 17.7 Å². The van der Waals surface area contributed by atoms with Gasteiger partial charge >= 0.3 is 0 Å². The zero-order valence-corrected chi connectivity index (χ0v) is 32.7. The Hall–Kier alpha value is -4.18. The first kappa shape index (κ1) is 44.0. The number of nitrogens with zero attached hydrogens (tertiary/aromatic N) is 4. The summed E-state index contributed by atoms with van der Waals surface area (Å²) in [7, 11) is 1.68. The molecule has 288 valence electrons. The number of likely N-dealkylation sites (tertiary alicyclic amines) is 2. The number of hydrogen-bond donors (Lipinski definition) is 0. The Labute approximate surface area is 312 Å². The fourth-order valence-corrected chi connectivity index (χ4v) is 6.67. The lowest BCUT2D eigenvalue weighted by Gasteiger charge is -2.36. The van der Waals surface area contributed by atoms with Crippen molar-refractivity contribution in [3.05, 3.63) is 85.1 Å². The van der Waals surface area contributed by atoms with Crippen molar-refractivity contribution in [2.75, 3.05) is 46.4 Å². The first-order valence-corrected chi connectivity index (χ1v) is 19.0. The standard InChI is InChI=1S/C36H47FN4O4.C2H4O.2C2H6/c1-5-7-32(38-44-27(3)12-17-37)28-15-21-41(22-16-28)30-9-10-31-34(25-30)45-39-36(31)29-13-19-40(20-14-29)18-6-23-43-33-11-8-26(2)24-35(33)42-4;1-2-3;2*1-2/h5,8-12,17,24-25,28-29,31,34H,1,3,6-7,13-16,18-23H2,2,4H3;2H,1H3;2*1-2H3/b17-12+,38-32+;;;. The first-order valence-electron chi connectivity index (χ1n) is 19.0. The number of allylic oxidation sites excluding steroid dienone is 3. The normalized spacial score (nSPS) is 20.3. The van der Waals surface area contributed by atoms with Gasteiger partial charge in [0.05, 0.1) is 37.4 Å². The molecule has 0 aromatic heterocycles. The molecule has 2 unspecified atom stereocenters. The third-order valence-corrected chi connectivity index (χ3v) is 9.20. The van der Waals surface area contributed by atoms with E-state index in [2.05, 4.69) is 64.5 Å². The summed E-state index contributed by atoms with van der Waals surface area (Å²) in [6.07, 6.45) is 16.6. The Balaban J connectivity index is 0.00000125. The van der Waals surface area contributed by atoms with E-state index in [4.69, 9.17) is 23.9 Å². The number of carbonyl (C=O) groups excluding carboxylic acids is 1. The minimum atomic E-state index is -0.0347. The quantitative estimate of drug-likeness (QED) is 0.0360. The van der Waals surface area contributed by atoms with E-state index in [1.807, 2.05) is 45.9 Å². The predicted octanol–water partition coefficient (Wildman–Crippen LogP) is 9.22. The van der Waals surface area contributed by atoms with Gasteiger partial charge < -0.3 is 33.7 Å². The molecule has 1 aromatic rings. The fraction of sp³-hybridized carbons (Fsp3) is 0.548. The second-order valence-corrected chi connectivity index (χ2v) is 12.5. The molecule has 0 N–H and O–H groups in total. The first-order chi connectivity index (χ1) is 25.4. The molecule has 9 nitrogen and oxygen atoms in total. The molecule has 4 aliphatic rings.